The molecule has 1 aliphatic carbocycles. The summed E-state index contributed by atoms with van der Waals surface area (Å²) < 4.78 is 4.49. The number of aliphatic hydroxyl groups excluding tert-OH is 2. The molecule has 1 rings (SSSR count). The Bertz CT molecular complexity index is 166. The minimum Gasteiger partial charge on any atom is -0.457 e. The highest BCUT2D eigenvalue weighted by Gasteiger charge is 2.27. The molecule has 11 heavy (non-hydrogen) atoms. The van der Waals surface area contributed by atoms with Gasteiger partial charge in [-0.3, -0.25) is 4.79 Å². The number of hydrogen-bond acceptors (Lipinski definition) is 4. The van der Waals surface area contributed by atoms with E-state index in [1.165, 1.54) is 0 Å². The van der Waals surface area contributed by atoms with E-state index in [4.69, 9.17) is 5.11 Å². The molecule has 0 amide bonds. The molecule has 4 heteroatoms. The molecule has 0 aromatic heterocycles. The first-order valence-corrected chi connectivity index (χ1v) is 3.37. The Labute approximate surface area is 64.1 Å². The van der Waals surface area contributed by atoms with Crippen LogP contribution in [0.5, 0.6) is 0 Å². The van der Waals surface area contributed by atoms with Gasteiger partial charge in [-0.15, -0.1) is 0 Å². The predicted octanol–water partition coefficient (Wildman–Crippen LogP) is -0.790. The Morgan fingerprint density at radius 1 is 1.55 bits per heavy atom. The maximum absolute atomic E-state index is 9.88. The van der Waals surface area contributed by atoms with E-state index >= 15 is 0 Å². The van der Waals surface area contributed by atoms with Gasteiger partial charge in [0.25, 0.3) is 6.47 Å². The summed E-state index contributed by atoms with van der Waals surface area (Å²) in [5.74, 6) is 0. The van der Waals surface area contributed by atoms with E-state index in [-0.39, 0.29) is 6.47 Å². The lowest BCUT2D eigenvalue weighted by atomic mass is 9.99. The first-order valence-electron chi connectivity index (χ1n) is 3.37. The number of carbonyl (C=O) groups is 1. The molecule has 0 radical (unpaired) electrons. The van der Waals surface area contributed by atoms with Gasteiger partial charge >= 0.3 is 0 Å². The van der Waals surface area contributed by atoms with E-state index in [1.807, 2.05) is 0 Å². The fourth-order valence-electron chi connectivity index (χ4n) is 1.01. The zero-order valence-corrected chi connectivity index (χ0v) is 5.88. The number of ether oxygens (including phenoxy) is 1. The molecular weight excluding hydrogens is 148 g/mol. The highest BCUT2D eigenvalue weighted by atomic mass is 16.5. The normalized spacial score (nSPS) is 36.7. The molecule has 0 saturated heterocycles. The van der Waals surface area contributed by atoms with Gasteiger partial charge in [0, 0.05) is 0 Å². The lowest BCUT2D eigenvalue weighted by Gasteiger charge is -2.25. The molecule has 0 spiro atoms. The number of hydrogen-bond donors (Lipinski definition) is 2. The predicted molar refractivity (Wildman–Crippen MR) is 36.7 cm³/mol. The monoisotopic (exact) mass is 158 g/mol. The summed E-state index contributed by atoms with van der Waals surface area (Å²) in [6.45, 7) is 0.260. The third kappa shape index (κ3) is 1.78. The first kappa shape index (κ1) is 8.23. The molecule has 0 bridgehead atoms. The van der Waals surface area contributed by atoms with Crippen molar-refractivity contribution >= 4 is 6.47 Å². The van der Waals surface area contributed by atoms with Crippen molar-refractivity contribution in [1.29, 1.82) is 0 Å². The van der Waals surface area contributed by atoms with Crippen LogP contribution >= 0.6 is 0 Å². The Hall–Kier alpha value is -0.870. The molecule has 3 unspecified atom stereocenters. The molecule has 62 valence electrons. The van der Waals surface area contributed by atoms with Crippen molar-refractivity contribution in [1.82, 2.24) is 0 Å². The summed E-state index contributed by atoms with van der Waals surface area (Å²) in [5.41, 5.74) is 0. The second kappa shape index (κ2) is 3.50. The van der Waals surface area contributed by atoms with Crippen molar-refractivity contribution in [3.05, 3.63) is 12.2 Å². The quantitative estimate of drug-likeness (QED) is 0.408. The zero-order chi connectivity index (χ0) is 8.27. The van der Waals surface area contributed by atoms with Crippen molar-refractivity contribution in [2.24, 2.45) is 0 Å². The summed E-state index contributed by atoms with van der Waals surface area (Å²) in [5, 5.41) is 18.3. The Balaban J connectivity index is 2.56. The Morgan fingerprint density at radius 2 is 2.27 bits per heavy atom. The third-order valence-electron chi connectivity index (χ3n) is 1.65. The molecular formula is C7H10O4. The maximum atomic E-state index is 9.88. The van der Waals surface area contributed by atoms with Crippen LogP contribution in [0.25, 0.3) is 0 Å². The molecule has 4 nitrogen and oxygen atoms in total. The average Bonchev–Trinajstić information content (AvgIpc) is 1.99. The Kier molecular flexibility index (Phi) is 2.62. The van der Waals surface area contributed by atoms with Crippen molar-refractivity contribution in [2.45, 2.75) is 24.7 Å². The van der Waals surface area contributed by atoms with Gasteiger partial charge in [-0.25, -0.2) is 0 Å². The summed E-state index contributed by atoms with van der Waals surface area (Å²) >= 11 is 0. The van der Waals surface area contributed by atoms with Crippen LogP contribution < -0.4 is 0 Å². The largest absolute Gasteiger partial charge is 0.457 e. The van der Waals surface area contributed by atoms with E-state index < -0.39 is 18.3 Å². The van der Waals surface area contributed by atoms with Crippen molar-refractivity contribution < 1.29 is 19.7 Å². The van der Waals surface area contributed by atoms with Gasteiger partial charge < -0.3 is 14.9 Å². The zero-order valence-electron chi connectivity index (χ0n) is 5.88. The van der Waals surface area contributed by atoms with Crippen LogP contribution in [0.1, 0.15) is 6.42 Å². The van der Waals surface area contributed by atoms with Gasteiger partial charge in [0.2, 0.25) is 0 Å². The number of rotatable bonds is 2. The number of carbonyl (C=O) groups excluding carboxylic acids is 1. The van der Waals surface area contributed by atoms with Crippen LogP contribution in [-0.4, -0.2) is 35.0 Å². The molecule has 3 atom stereocenters. The van der Waals surface area contributed by atoms with Crippen LogP contribution in [0, 0.1) is 0 Å². The summed E-state index contributed by atoms with van der Waals surface area (Å²) in [6, 6.07) is 0. The van der Waals surface area contributed by atoms with Crippen molar-refractivity contribution in [2.75, 3.05) is 0 Å². The van der Waals surface area contributed by atoms with Crippen LogP contribution in [0.3, 0.4) is 0 Å². The molecule has 1 aliphatic rings. The molecule has 0 heterocycles. The van der Waals surface area contributed by atoms with Gasteiger partial charge in [-0.05, 0) is 12.5 Å². The lowest BCUT2D eigenvalue weighted by Crippen LogP contribution is -2.39. The minimum atomic E-state index is -0.995. The van der Waals surface area contributed by atoms with Gasteiger partial charge in [0.05, 0.1) is 6.10 Å². The smallest absolute Gasteiger partial charge is 0.293 e. The second-order valence-corrected chi connectivity index (χ2v) is 2.42. The molecule has 0 saturated carbocycles. The lowest BCUT2D eigenvalue weighted by molar-refractivity contribution is -0.140. The summed E-state index contributed by atoms with van der Waals surface area (Å²) in [6.07, 6.45) is 1.11. The average molecular weight is 158 g/mol. The van der Waals surface area contributed by atoms with E-state index in [0.717, 1.165) is 0 Å². The van der Waals surface area contributed by atoms with Gasteiger partial charge in [-0.2, -0.15) is 0 Å². The van der Waals surface area contributed by atoms with Crippen molar-refractivity contribution in [3.63, 3.8) is 0 Å². The highest BCUT2D eigenvalue weighted by molar-refractivity contribution is 5.38. The van der Waals surface area contributed by atoms with E-state index in [2.05, 4.69) is 4.74 Å². The molecule has 2 N–H and O–H groups in total. The molecule has 0 aromatic carbocycles. The summed E-state index contributed by atoms with van der Waals surface area (Å²) in [7, 11) is 0. The van der Waals surface area contributed by atoms with Crippen LogP contribution in [0.4, 0.5) is 0 Å². The van der Waals surface area contributed by atoms with E-state index in [1.54, 1.807) is 12.2 Å². The summed E-state index contributed by atoms with van der Waals surface area (Å²) in [4.78, 5) is 9.88. The van der Waals surface area contributed by atoms with E-state index in [0.29, 0.717) is 6.42 Å². The number of aliphatic hydroxyl groups is 2. The fourth-order valence-corrected chi connectivity index (χ4v) is 1.01. The van der Waals surface area contributed by atoms with Crippen LogP contribution in [0.15, 0.2) is 12.2 Å². The van der Waals surface area contributed by atoms with Crippen molar-refractivity contribution in [3.8, 4) is 0 Å². The van der Waals surface area contributed by atoms with Gasteiger partial charge in [-0.1, -0.05) is 6.08 Å². The van der Waals surface area contributed by atoms with E-state index in [9.17, 15) is 9.90 Å². The maximum Gasteiger partial charge on any atom is 0.293 e. The van der Waals surface area contributed by atoms with Crippen LogP contribution in [-0.2, 0) is 9.53 Å². The second-order valence-electron chi connectivity index (χ2n) is 2.42. The van der Waals surface area contributed by atoms with Gasteiger partial charge in [0.1, 0.15) is 12.2 Å². The van der Waals surface area contributed by atoms with Crippen LogP contribution in [0.2, 0.25) is 0 Å². The SMILES string of the molecule is O=COC1C=CCC(O)C1O. The highest BCUT2D eigenvalue weighted by Crippen LogP contribution is 2.14. The molecule has 0 aliphatic heterocycles. The first-order chi connectivity index (χ1) is 5.25. The minimum absolute atomic E-state index is 0.260. The molecule has 0 fully saturated rings. The topological polar surface area (TPSA) is 66.8 Å². The Morgan fingerprint density at radius 3 is 2.91 bits per heavy atom. The fraction of sp³-hybridized carbons (Fsp3) is 0.571. The van der Waals surface area contributed by atoms with Gasteiger partial charge in [0.15, 0.2) is 0 Å². The third-order valence-corrected chi connectivity index (χ3v) is 1.65. The molecule has 0 aromatic rings. The standard InChI is InChI=1S/C7H10O4/c8-4-11-6-3-1-2-5(9)7(6)10/h1,3-7,9-10H,2H2.